The molecule has 1 amide bonds. The van der Waals surface area contributed by atoms with Gasteiger partial charge in [0.1, 0.15) is 6.54 Å². The Bertz CT molecular complexity index is 305. The van der Waals surface area contributed by atoms with Gasteiger partial charge in [0.05, 0.1) is 7.11 Å². The van der Waals surface area contributed by atoms with E-state index >= 15 is 0 Å². The minimum atomic E-state index is -0.308. The molecule has 1 saturated carbocycles. The molecular formula is C16H29NO3. The molecule has 116 valence electrons. The third-order valence-electron chi connectivity index (χ3n) is 4.20. The number of rotatable bonds is 8. The molecular weight excluding hydrogens is 254 g/mol. The standard InChI is InChI=1S/C16H29NO3/c1-4-8-13(9-5-2)16(19)17(12-15(18)20-3)14-10-6-7-11-14/h13-14H,4-12H2,1-3H3. The van der Waals surface area contributed by atoms with Crippen molar-refractivity contribution < 1.29 is 14.3 Å². The van der Waals surface area contributed by atoms with Crippen molar-refractivity contribution in [1.29, 1.82) is 0 Å². The number of carbonyl (C=O) groups is 2. The maximum absolute atomic E-state index is 12.8. The minimum Gasteiger partial charge on any atom is -0.468 e. The maximum atomic E-state index is 12.8. The molecule has 20 heavy (non-hydrogen) atoms. The van der Waals surface area contributed by atoms with Gasteiger partial charge in [-0.25, -0.2) is 0 Å². The number of esters is 1. The highest BCUT2D eigenvalue weighted by molar-refractivity contribution is 5.84. The summed E-state index contributed by atoms with van der Waals surface area (Å²) < 4.78 is 4.76. The Morgan fingerprint density at radius 3 is 2.15 bits per heavy atom. The third kappa shape index (κ3) is 4.80. The van der Waals surface area contributed by atoms with Gasteiger partial charge in [0.15, 0.2) is 0 Å². The molecule has 4 heteroatoms. The van der Waals surface area contributed by atoms with Crippen LogP contribution in [0.15, 0.2) is 0 Å². The molecule has 0 aromatic heterocycles. The normalized spacial score (nSPS) is 15.6. The molecule has 0 N–H and O–H groups in total. The Balaban J connectivity index is 2.77. The summed E-state index contributed by atoms with van der Waals surface area (Å²) in [5, 5.41) is 0. The summed E-state index contributed by atoms with van der Waals surface area (Å²) in [5.74, 6) is -0.0850. The average molecular weight is 283 g/mol. The second-order valence-electron chi connectivity index (χ2n) is 5.75. The van der Waals surface area contributed by atoms with Crippen LogP contribution in [-0.2, 0) is 14.3 Å². The van der Waals surface area contributed by atoms with Crippen LogP contribution in [0.4, 0.5) is 0 Å². The minimum absolute atomic E-state index is 0.0651. The third-order valence-corrected chi connectivity index (χ3v) is 4.20. The van der Waals surface area contributed by atoms with Crippen LogP contribution in [-0.4, -0.2) is 36.5 Å². The van der Waals surface area contributed by atoms with E-state index in [1.807, 2.05) is 0 Å². The molecule has 1 fully saturated rings. The van der Waals surface area contributed by atoms with Crippen LogP contribution >= 0.6 is 0 Å². The lowest BCUT2D eigenvalue weighted by atomic mass is 9.95. The fraction of sp³-hybridized carbons (Fsp3) is 0.875. The van der Waals surface area contributed by atoms with Crippen LogP contribution < -0.4 is 0 Å². The Morgan fingerprint density at radius 1 is 1.15 bits per heavy atom. The van der Waals surface area contributed by atoms with E-state index in [4.69, 9.17) is 4.74 Å². The highest BCUT2D eigenvalue weighted by atomic mass is 16.5. The van der Waals surface area contributed by atoms with Crippen molar-refractivity contribution in [1.82, 2.24) is 4.90 Å². The number of nitrogens with zero attached hydrogens (tertiary/aromatic N) is 1. The lowest BCUT2D eigenvalue weighted by molar-refractivity contribution is -0.150. The first-order valence-electron chi connectivity index (χ1n) is 8.01. The molecule has 0 heterocycles. The number of amides is 1. The zero-order valence-corrected chi connectivity index (χ0v) is 13.2. The second-order valence-corrected chi connectivity index (χ2v) is 5.75. The molecule has 0 radical (unpaired) electrons. The van der Waals surface area contributed by atoms with E-state index in [9.17, 15) is 9.59 Å². The molecule has 0 atom stereocenters. The number of methoxy groups -OCH3 is 1. The van der Waals surface area contributed by atoms with Crippen LogP contribution in [0.5, 0.6) is 0 Å². The Kier molecular flexibility index (Phi) is 7.63. The number of carbonyl (C=O) groups excluding carboxylic acids is 2. The van der Waals surface area contributed by atoms with Gasteiger partial charge in [-0.05, 0) is 25.7 Å². The van der Waals surface area contributed by atoms with Gasteiger partial charge in [-0.3, -0.25) is 9.59 Å². The van der Waals surface area contributed by atoms with Gasteiger partial charge in [-0.1, -0.05) is 39.5 Å². The van der Waals surface area contributed by atoms with Crippen molar-refractivity contribution >= 4 is 11.9 Å². The van der Waals surface area contributed by atoms with Crippen LogP contribution in [0.3, 0.4) is 0 Å². The van der Waals surface area contributed by atoms with Crippen molar-refractivity contribution in [2.75, 3.05) is 13.7 Å². The van der Waals surface area contributed by atoms with E-state index in [0.29, 0.717) is 0 Å². The fourth-order valence-corrected chi connectivity index (χ4v) is 3.13. The van der Waals surface area contributed by atoms with Gasteiger partial charge >= 0.3 is 5.97 Å². The van der Waals surface area contributed by atoms with Gasteiger partial charge in [0.25, 0.3) is 0 Å². The monoisotopic (exact) mass is 283 g/mol. The first-order valence-corrected chi connectivity index (χ1v) is 8.01. The molecule has 4 nitrogen and oxygen atoms in total. The maximum Gasteiger partial charge on any atom is 0.325 e. The van der Waals surface area contributed by atoms with Crippen molar-refractivity contribution in [3.8, 4) is 0 Å². The Morgan fingerprint density at radius 2 is 1.70 bits per heavy atom. The quantitative estimate of drug-likeness (QED) is 0.643. The zero-order valence-electron chi connectivity index (χ0n) is 13.2. The highest BCUT2D eigenvalue weighted by Gasteiger charge is 2.32. The van der Waals surface area contributed by atoms with Crippen molar-refractivity contribution in [2.45, 2.75) is 71.3 Å². The zero-order chi connectivity index (χ0) is 15.0. The summed E-state index contributed by atoms with van der Waals surface area (Å²) in [5.41, 5.74) is 0. The predicted molar refractivity (Wildman–Crippen MR) is 79.3 cm³/mol. The largest absolute Gasteiger partial charge is 0.468 e. The van der Waals surface area contributed by atoms with Gasteiger partial charge in [0, 0.05) is 12.0 Å². The number of hydrogen-bond acceptors (Lipinski definition) is 3. The molecule has 0 spiro atoms. The second kappa shape index (κ2) is 8.98. The number of hydrogen-bond donors (Lipinski definition) is 0. The molecule has 1 rings (SSSR count). The van der Waals surface area contributed by atoms with E-state index in [1.165, 1.54) is 7.11 Å². The lowest BCUT2D eigenvalue weighted by Gasteiger charge is -2.31. The summed E-state index contributed by atoms with van der Waals surface area (Å²) in [6.45, 7) is 4.33. The van der Waals surface area contributed by atoms with E-state index in [-0.39, 0.29) is 30.4 Å². The first kappa shape index (κ1) is 17.0. The Hall–Kier alpha value is -1.06. The van der Waals surface area contributed by atoms with E-state index in [0.717, 1.165) is 51.4 Å². The van der Waals surface area contributed by atoms with E-state index < -0.39 is 0 Å². The Labute approximate surface area is 122 Å². The van der Waals surface area contributed by atoms with E-state index in [1.54, 1.807) is 4.90 Å². The average Bonchev–Trinajstić information content (AvgIpc) is 2.97. The van der Waals surface area contributed by atoms with Crippen molar-refractivity contribution in [3.05, 3.63) is 0 Å². The summed E-state index contributed by atoms with van der Waals surface area (Å²) in [6, 6.07) is 0.234. The molecule has 0 aromatic rings. The van der Waals surface area contributed by atoms with Gasteiger partial charge in [-0.15, -0.1) is 0 Å². The lowest BCUT2D eigenvalue weighted by Crippen LogP contribution is -2.45. The van der Waals surface area contributed by atoms with Crippen LogP contribution in [0, 0.1) is 5.92 Å². The number of ether oxygens (including phenoxy) is 1. The molecule has 0 unspecified atom stereocenters. The highest BCUT2D eigenvalue weighted by Crippen LogP contribution is 2.27. The van der Waals surface area contributed by atoms with Crippen LogP contribution in [0.2, 0.25) is 0 Å². The fourth-order valence-electron chi connectivity index (χ4n) is 3.13. The summed E-state index contributed by atoms with van der Waals surface area (Å²) >= 11 is 0. The molecule has 0 aliphatic heterocycles. The molecule has 1 aliphatic rings. The molecule has 0 bridgehead atoms. The molecule has 1 aliphatic carbocycles. The van der Waals surface area contributed by atoms with E-state index in [2.05, 4.69) is 13.8 Å². The predicted octanol–water partition coefficient (Wildman–Crippen LogP) is 3.15. The van der Waals surface area contributed by atoms with Gasteiger partial charge in [-0.2, -0.15) is 0 Å². The first-order chi connectivity index (χ1) is 9.63. The van der Waals surface area contributed by atoms with Gasteiger partial charge in [0.2, 0.25) is 5.91 Å². The van der Waals surface area contributed by atoms with Crippen molar-refractivity contribution in [3.63, 3.8) is 0 Å². The molecule has 0 saturated heterocycles. The van der Waals surface area contributed by atoms with Crippen LogP contribution in [0.25, 0.3) is 0 Å². The molecule has 0 aromatic carbocycles. The van der Waals surface area contributed by atoms with Crippen LogP contribution in [0.1, 0.15) is 65.2 Å². The topological polar surface area (TPSA) is 46.6 Å². The SMILES string of the molecule is CCCC(CCC)C(=O)N(CC(=O)OC)C1CCCC1. The van der Waals surface area contributed by atoms with Gasteiger partial charge < -0.3 is 9.64 Å². The summed E-state index contributed by atoms with van der Waals surface area (Å²) in [4.78, 5) is 26.2. The summed E-state index contributed by atoms with van der Waals surface area (Å²) in [6.07, 6.45) is 8.19. The smallest absolute Gasteiger partial charge is 0.325 e. The summed E-state index contributed by atoms with van der Waals surface area (Å²) in [7, 11) is 1.38. The van der Waals surface area contributed by atoms with Crippen molar-refractivity contribution in [2.24, 2.45) is 5.92 Å².